The Morgan fingerprint density at radius 3 is 2.54 bits per heavy atom. The van der Waals surface area contributed by atoms with Gasteiger partial charge in [0.2, 0.25) is 0 Å². The fraction of sp³-hybridized carbons (Fsp3) is 0.300. The van der Waals surface area contributed by atoms with Crippen LogP contribution < -0.4 is 10.4 Å². The van der Waals surface area contributed by atoms with E-state index >= 15 is 0 Å². The molecule has 1 unspecified atom stereocenters. The zero-order chi connectivity index (χ0) is 17.1. The van der Waals surface area contributed by atoms with E-state index in [1.807, 2.05) is 37.3 Å². The number of ether oxygens (including phenoxy) is 1. The van der Waals surface area contributed by atoms with E-state index in [0.717, 1.165) is 12.0 Å². The van der Waals surface area contributed by atoms with Gasteiger partial charge in [-0.3, -0.25) is 0 Å². The summed E-state index contributed by atoms with van der Waals surface area (Å²) in [5.41, 5.74) is 2.22. The van der Waals surface area contributed by atoms with Crippen molar-refractivity contribution in [1.82, 2.24) is 4.98 Å². The van der Waals surface area contributed by atoms with Gasteiger partial charge in [-0.1, -0.05) is 56.3 Å². The van der Waals surface area contributed by atoms with Crippen LogP contribution in [0, 0.1) is 12.8 Å². The molecule has 0 fully saturated rings. The van der Waals surface area contributed by atoms with Gasteiger partial charge in [-0.15, -0.1) is 0 Å². The largest absolute Gasteiger partial charge is 0.446 e. The van der Waals surface area contributed by atoms with Gasteiger partial charge in [0.25, 0.3) is 0 Å². The summed E-state index contributed by atoms with van der Waals surface area (Å²) >= 11 is 0. The van der Waals surface area contributed by atoms with Gasteiger partial charge in [-0.2, -0.15) is 4.98 Å². The first kappa shape index (κ1) is 16.2. The summed E-state index contributed by atoms with van der Waals surface area (Å²) in [5, 5.41) is 0.508. The van der Waals surface area contributed by atoms with E-state index in [1.165, 1.54) is 5.56 Å². The molecule has 1 heterocycles. The Morgan fingerprint density at radius 2 is 1.83 bits per heavy atom. The van der Waals surface area contributed by atoms with Crippen molar-refractivity contribution in [2.24, 2.45) is 5.92 Å². The Morgan fingerprint density at radius 1 is 1.08 bits per heavy atom. The smallest absolute Gasteiger partial charge is 0.397 e. The average molecular weight is 323 g/mol. The molecule has 0 aliphatic rings. The van der Waals surface area contributed by atoms with Crippen molar-refractivity contribution >= 4 is 10.9 Å². The zero-order valence-electron chi connectivity index (χ0n) is 14.2. The van der Waals surface area contributed by atoms with Gasteiger partial charge in [-0.25, -0.2) is 4.79 Å². The van der Waals surface area contributed by atoms with Crippen LogP contribution in [0.2, 0.25) is 0 Å². The molecule has 2 aromatic carbocycles. The van der Waals surface area contributed by atoms with Gasteiger partial charge in [-0.05, 0) is 30.0 Å². The van der Waals surface area contributed by atoms with Crippen LogP contribution in [0.5, 0.6) is 6.08 Å². The van der Waals surface area contributed by atoms with Gasteiger partial charge in [0.15, 0.2) is 0 Å². The minimum Gasteiger partial charge on any atom is -0.446 e. The maximum Gasteiger partial charge on any atom is 0.397 e. The molecule has 3 aromatic rings. The SMILES string of the molecule is Cc1cccc2nc(OC(Cc3ccccc3)C(C)C)oc(=O)c12. The molecule has 0 spiro atoms. The second kappa shape index (κ2) is 6.87. The predicted octanol–water partition coefficient (Wildman–Crippen LogP) is 4.14. The first-order valence-corrected chi connectivity index (χ1v) is 8.15. The number of aromatic nitrogens is 1. The second-order valence-electron chi connectivity index (χ2n) is 6.33. The molecule has 0 aliphatic heterocycles. The third kappa shape index (κ3) is 3.48. The highest BCUT2D eigenvalue weighted by Crippen LogP contribution is 2.20. The van der Waals surface area contributed by atoms with Crippen molar-refractivity contribution in [3.8, 4) is 6.08 Å². The van der Waals surface area contributed by atoms with Crippen molar-refractivity contribution in [2.45, 2.75) is 33.3 Å². The molecule has 1 atom stereocenters. The van der Waals surface area contributed by atoms with E-state index in [2.05, 4.69) is 31.0 Å². The Kier molecular flexibility index (Phi) is 4.65. The van der Waals surface area contributed by atoms with Gasteiger partial charge in [0.1, 0.15) is 6.10 Å². The van der Waals surface area contributed by atoms with E-state index in [-0.39, 0.29) is 18.1 Å². The molecule has 0 saturated heterocycles. The standard InChI is InChI=1S/C20H21NO3/c1-13(2)17(12-15-9-5-4-6-10-15)23-20-21-16-11-7-8-14(3)18(16)19(22)24-20/h4-11,13,17H,12H2,1-3H3. The molecule has 0 amide bonds. The summed E-state index contributed by atoms with van der Waals surface area (Å²) in [7, 11) is 0. The van der Waals surface area contributed by atoms with E-state index in [0.29, 0.717) is 10.9 Å². The van der Waals surface area contributed by atoms with Gasteiger partial charge in [0, 0.05) is 6.42 Å². The Bertz CT molecular complexity index is 884. The van der Waals surface area contributed by atoms with Crippen LogP contribution in [-0.4, -0.2) is 11.1 Å². The highest BCUT2D eigenvalue weighted by Gasteiger charge is 2.19. The molecule has 4 heteroatoms. The number of hydrogen-bond donors (Lipinski definition) is 0. The minimum atomic E-state index is -0.407. The van der Waals surface area contributed by atoms with Gasteiger partial charge < -0.3 is 9.15 Å². The molecule has 124 valence electrons. The van der Waals surface area contributed by atoms with Crippen LogP contribution >= 0.6 is 0 Å². The van der Waals surface area contributed by atoms with Gasteiger partial charge >= 0.3 is 11.7 Å². The number of aryl methyl sites for hydroxylation is 1. The van der Waals surface area contributed by atoms with E-state index < -0.39 is 5.63 Å². The molecule has 24 heavy (non-hydrogen) atoms. The lowest BCUT2D eigenvalue weighted by molar-refractivity contribution is 0.102. The lowest BCUT2D eigenvalue weighted by Gasteiger charge is -2.21. The third-order valence-electron chi connectivity index (χ3n) is 4.12. The van der Waals surface area contributed by atoms with Crippen LogP contribution in [0.4, 0.5) is 0 Å². The van der Waals surface area contributed by atoms with Crippen molar-refractivity contribution in [3.63, 3.8) is 0 Å². The van der Waals surface area contributed by atoms with E-state index in [1.54, 1.807) is 6.07 Å². The zero-order valence-corrected chi connectivity index (χ0v) is 14.2. The second-order valence-corrected chi connectivity index (χ2v) is 6.33. The number of hydrogen-bond acceptors (Lipinski definition) is 4. The molecule has 3 rings (SSSR count). The fourth-order valence-corrected chi connectivity index (χ4v) is 2.70. The van der Waals surface area contributed by atoms with Crippen molar-refractivity contribution < 1.29 is 9.15 Å². The molecular formula is C20H21NO3. The van der Waals surface area contributed by atoms with Gasteiger partial charge in [0.05, 0.1) is 10.9 Å². The van der Waals surface area contributed by atoms with Crippen LogP contribution in [0.1, 0.15) is 25.0 Å². The summed E-state index contributed by atoms with van der Waals surface area (Å²) in [5.74, 6) is 0.255. The summed E-state index contributed by atoms with van der Waals surface area (Å²) in [6.07, 6.45) is 0.647. The number of nitrogens with zero attached hydrogens (tertiary/aromatic N) is 1. The minimum absolute atomic E-state index is 0.0349. The topological polar surface area (TPSA) is 52.3 Å². The molecule has 0 saturated carbocycles. The number of benzene rings is 2. The summed E-state index contributed by atoms with van der Waals surface area (Å²) < 4.78 is 11.2. The van der Waals surface area contributed by atoms with Crippen LogP contribution in [-0.2, 0) is 6.42 Å². The molecule has 0 aliphatic carbocycles. The molecular weight excluding hydrogens is 302 g/mol. The van der Waals surface area contributed by atoms with E-state index in [4.69, 9.17) is 9.15 Å². The highest BCUT2D eigenvalue weighted by molar-refractivity contribution is 5.80. The first-order valence-electron chi connectivity index (χ1n) is 8.15. The van der Waals surface area contributed by atoms with Crippen LogP contribution in [0.3, 0.4) is 0 Å². The molecule has 0 bridgehead atoms. The fourth-order valence-electron chi connectivity index (χ4n) is 2.70. The first-order chi connectivity index (χ1) is 11.5. The van der Waals surface area contributed by atoms with Crippen molar-refractivity contribution in [1.29, 1.82) is 0 Å². The van der Waals surface area contributed by atoms with E-state index in [9.17, 15) is 4.79 Å². The maximum atomic E-state index is 12.2. The lowest BCUT2D eigenvalue weighted by atomic mass is 9.99. The monoisotopic (exact) mass is 323 g/mol. The Labute approximate surface area is 141 Å². The quantitative estimate of drug-likeness (QED) is 0.708. The molecule has 1 aromatic heterocycles. The van der Waals surface area contributed by atoms with Crippen molar-refractivity contribution in [2.75, 3.05) is 0 Å². The Balaban J connectivity index is 1.90. The predicted molar refractivity (Wildman–Crippen MR) is 94.4 cm³/mol. The molecule has 4 nitrogen and oxygen atoms in total. The Hall–Kier alpha value is -2.62. The number of rotatable bonds is 5. The number of fused-ring (bicyclic) bond motifs is 1. The lowest BCUT2D eigenvalue weighted by Crippen LogP contribution is -2.26. The van der Waals surface area contributed by atoms with Crippen molar-refractivity contribution in [3.05, 3.63) is 70.1 Å². The summed E-state index contributed by atoms with van der Waals surface area (Å²) in [6.45, 7) is 6.03. The normalized spacial score (nSPS) is 12.5. The summed E-state index contributed by atoms with van der Waals surface area (Å²) in [4.78, 5) is 16.6. The highest BCUT2D eigenvalue weighted by atomic mass is 16.6. The average Bonchev–Trinajstić information content (AvgIpc) is 2.55. The molecule has 0 N–H and O–H groups in total. The summed E-state index contributed by atoms with van der Waals surface area (Å²) in [6, 6.07) is 15.7. The van der Waals surface area contributed by atoms with Crippen LogP contribution in [0.25, 0.3) is 10.9 Å². The van der Waals surface area contributed by atoms with Crippen LogP contribution in [0.15, 0.2) is 57.7 Å². The maximum absolute atomic E-state index is 12.2. The molecule has 0 radical (unpaired) electrons. The third-order valence-corrected chi connectivity index (χ3v) is 4.12.